The molecule has 0 fully saturated rings. The molecule has 0 atom stereocenters. The summed E-state index contributed by atoms with van der Waals surface area (Å²) in [5, 5.41) is 2.25. The van der Waals surface area contributed by atoms with Crippen LogP contribution < -0.4 is 26.2 Å². The second kappa shape index (κ2) is 24.9. The topological polar surface area (TPSA) is 11.4 Å². The van der Waals surface area contributed by atoms with Gasteiger partial charge in [-0.05, 0) is 166 Å². The molecule has 0 aliphatic carbocycles. The number of anilines is 6. The highest BCUT2D eigenvalue weighted by Gasteiger charge is 2.46. The Labute approximate surface area is 606 Å². The SMILES string of the molecule is [2H]c1c([2H])c([2H])c(-c2ccc3c(c2)N(c2c(-c4ccccc4)cc(-c4ccccc4)cc2-c2ccccc2)c2cc(-n4c5ccccc5c5ccccc54)cc4c2B3c2ccc(-c3ccc(C(C)(C)C)cc3C(C)(C)C)cc2N4c2c(-c3ccccc3)cc(-c3ccccc3)cc2-c2ccccc2)c([2H])c1[2H]. The highest BCUT2D eigenvalue weighted by atomic mass is 15.2. The van der Waals surface area contributed by atoms with Crippen LogP contribution in [0.1, 0.15) is 59.5 Å². The third-order valence-electron chi connectivity index (χ3n) is 20.9. The highest BCUT2D eigenvalue weighted by molar-refractivity contribution is 7.00. The van der Waals surface area contributed by atoms with E-state index in [-0.39, 0.29) is 28.5 Å². The van der Waals surface area contributed by atoms with Crippen molar-refractivity contribution in [3.8, 4) is 94.7 Å². The van der Waals surface area contributed by atoms with Crippen LogP contribution in [-0.2, 0) is 10.8 Å². The molecular formula is C98H76BN3. The molecular weight excluding hydrogens is 1230 g/mol. The zero-order valence-corrected chi connectivity index (χ0v) is 58.0. The lowest BCUT2D eigenvalue weighted by Gasteiger charge is -2.46. The number of fused-ring (bicyclic) bond motifs is 7. The van der Waals surface area contributed by atoms with E-state index in [1.54, 1.807) is 0 Å². The van der Waals surface area contributed by atoms with Crippen molar-refractivity contribution in [1.82, 2.24) is 4.57 Å². The predicted molar refractivity (Wildman–Crippen MR) is 436 cm³/mol. The summed E-state index contributed by atoms with van der Waals surface area (Å²) in [6.45, 7) is 13.4. The van der Waals surface area contributed by atoms with Gasteiger partial charge in [0, 0.05) is 55.8 Å². The van der Waals surface area contributed by atoms with Gasteiger partial charge in [0.05, 0.1) is 34.9 Å². The standard InChI is InChI=1S/C98H76BN3/c1-97(2,3)76-52-53-78(85(62-76)98(4,5)6)73-51-55-87-91(61-73)102(96-83(70-42-24-12-25-43-70)58-75(67-36-18-9-19-37-67)59-84(96)71-44-26-13-27-45-71)93-64-77(100-88-48-30-28-46-79(88)80-47-29-31-49-89(80)100)63-92-94(93)99(87)86-54-50-72(65-32-14-7-15-33-65)60-90(86)101(92)95-81(68-38-20-10-21-39-68)56-74(66-34-16-8-17-35-66)57-82(95)69-40-22-11-23-41-69/h7-64H,1-6H3/i7D,14D,15D,32D,33D. The molecule has 18 rings (SSSR count). The molecule has 0 N–H and O–H groups in total. The minimum absolute atomic E-state index is 0.105. The van der Waals surface area contributed by atoms with Gasteiger partial charge < -0.3 is 14.4 Å². The van der Waals surface area contributed by atoms with E-state index in [4.69, 9.17) is 1.37 Å². The van der Waals surface area contributed by atoms with Crippen LogP contribution in [0.25, 0.3) is 117 Å². The normalized spacial score (nSPS) is 13.2. The van der Waals surface area contributed by atoms with Crippen LogP contribution in [0, 0.1) is 0 Å². The van der Waals surface area contributed by atoms with Crippen molar-refractivity contribution in [1.29, 1.82) is 0 Å². The lowest BCUT2D eigenvalue weighted by Crippen LogP contribution is -2.61. The summed E-state index contributed by atoms with van der Waals surface area (Å²) in [7, 11) is 0. The van der Waals surface area contributed by atoms with Crippen molar-refractivity contribution < 1.29 is 6.85 Å². The molecule has 2 aliphatic heterocycles. The first-order valence-corrected chi connectivity index (χ1v) is 35.4. The molecule has 3 nitrogen and oxygen atoms in total. The Bertz CT molecular complexity index is 6000. The molecule has 0 spiro atoms. The van der Waals surface area contributed by atoms with Crippen LogP contribution in [0.4, 0.5) is 34.1 Å². The van der Waals surface area contributed by atoms with Crippen molar-refractivity contribution in [2.45, 2.75) is 52.4 Å². The fraction of sp³-hybridized carbons (Fsp3) is 0.0816. The number of benzene rings is 15. The van der Waals surface area contributed by atoms with Crippen LogP contribution in [0.3, 0.4) is 0 Å². The summed E-state index contributed by atoms with van der Waals surface area (Å²) in [6, 6.07) is 115. The van der Waals surface area contributed by atoms with E-state index in [1.165, 1.54) is 11.1 Å². The van der Waals surface area contributed by atoms with E-state index in [0.717, 1.165) is 156 Å². The highest BCUT2D eigenvalue weighted by Crippen LogP contribution is 2.56. The van der Waals surface area contributed by atoms with Crippen molar-refractivity contribution in [3.63, 3.8) is 0 Å². The molecule has 0 radical (unpaired) electrons. The van der Waals surface area contributed by atoms with E-state index >= 15 is 0 Å². The first kappa shape index (κ1) is 56.6. The Hall–Kier alpha value is -12.2. The second-order valence-corrected chi connectivity index (χ2v) is 29.2. The monoisotopic (exact) mass is 1310 g/mol. The first-order chi connectivity index (χ1) is 52.0. The molecule has 1 aromatic heterocycles. The van der Waals surface area contributed by atoms with Crippen molar-refractivity contribution >= 4 is 79.0 Å². The lowest BCUT2D eigenvalue weighted by molar-refractivity contribution is 0.570. The Morgan fingerprint density at radius 1 is 0.284 bits per heavy atom. The third kappa shape index (κ3) is 10.7. The van der Waals surface area contributed by atoms with Gasteiger partial charge in [0.1, 0.15) is 0 Å². The number of aromatic nitrogens is 1. The van der Waals surface area contributed by atoms with E-state index in [2.05, 4.69) is 371 Å². The fourth-order valence-corrected chi connectivity index (χ4v) is 16.1. The van der Waals surface area contributed by atoms with Crippen molar-refractivity contribution in [2.75, 3.05) is 9.80 Å². The third-order valence-corrected chi connectivity index (χ3v) is 20.9. The van der Waals surface area contributed by atoms with Crippen molar-refractivity contribution in [2.24, 2.45) is 0 Å². The fourth-order valence-electron chi connectivity index (χ4n) is 16.1. The molecule has 486 valence electrons. The lowest BCUT2D eigenvalue weighted by atomic mass is 9.33. The summed E-state index contributed by atoms with van der Waals surface area (Å²) in [5.74, 6) is 0. The zero-order chi connectivity index (χ0) is 73.1. The maximum Gasteiger partial charge on any atom is 0.252 e. The number of para-hydroxylation sites is 2. The molecule has 2 aliphatic rings. The van der Waals surface area contributed by atoms with E-state index in [0.29, 0.717) is 5.56 Å². The van der Waals surface area contributed by atoms with Crippen molar-refractivity contribution in [3.05, 3.63) is 363 Å². The maximum atomic E-state index is 9.71. The summed E-state index contributed by atoms with van der Waals surface area (Å²) >= 11 is 0. The quantitative estimate of drug-likeness (QED) is 0.120. The van der Waals surface area contributed by atoms with Crippen LogP contribution in [0.5, 0.6) is 0 Å². The number of hydrogen-bond donors (Lipinski definition) is 0. The van der Waals surface area contributed by atoms with Gasteiger partial charge in [-0.3, -0.25) is 0 Å². The van der Waals surface area contributed by atoms with Crippen LogP contribution >= 0.6 is 0 Å². The van der Waals surface area contributed by atoms with Gasteiger partial charge in [0.2, 0.25) is 0 Å². The number of hydrogen-bond acceptors (Lipinski definition) is 2. The smallest absolute Gasteiger partial charge is 0.252 e. The average molecular weight is 1310 g/mol. The van der Waals surface area contributed by atoms with Crippen LogP contribution in [0.2, 0.25) is 0 Å². The van der Waals surface area contributed by atoms with E-state index in [1.807, 2.05) is 6.07 Å². The van der Waals surface area contributed by atoms with Gasteiger partial charge in [-0.25, -0.2) is 0 Å². The molecule has 16 aromatic rings. The summed E-state index contributed by atoms with van der Waals surface area (Å²) in [5.41, 5.74) is 29.2. The van der Waals surface area contributed by atoms with Gasteiger partial charge in [-0.1, -0.05) is 333 Å². The Kier molecular flexibility index (Phi) is 13.8. The molecule has 0 saturated carbocycles. The zero-order valence-electron chi connectivity index (χ0n) is 63.0. The minimum atomic E-state index is -0.467. The second-order valence-electron chi connectivity index (χ2n) is 29.2. The molecule has 102 heavy (non-hydrogen) atoms. The van der Waals surface area contributed by atoms with Gasteiger partial charge in [-0.2, -0.15) is 0 Å². The molecule has 3 heterocycles. The number of rotatable bonds is 11. The summed E-state index contributed by atoms with van der Waals surface area (Å²) < 4.78 is 49.1. The number of nitrogens with zero attached hydrogens (tertiary/aromatic N) is 3. The van der Waals surface area contributed by atoms with Gasteiger partial charge in [-0.15, -0.1) is 0 Å². The average Bonchev–Trinajstić information content (AvgIpc) is 1.46. The first-order valence-electron chi connectivity index (χ1n) is 37.9. The molecule has 0 saturated heterocycles. The molecule has 0 unspecified atom stereocenters. The Morgan fingerprint density at radius 2 is 0.667 bits per heavy atom. The van der Waals surface area contributed by atoms with Gasteiger partial charge in [0.15, 0.2) is 0 Å². The Balaban J connectivity index is 1.07. The largest absolute Gasteiger partial charge is 0.310 e. The molecule has 4 heteroatoms. The van der Waals surface area contributed by atoms with Gasteiger partial charge >= 0.3 is 0 Å². The molecule has 15 aromatic carbocycles. The summed E-state index contributed by atoms with van der Waals surface area (Å²) in [6.07, 6.45) is 0. The van der Waals surface area contributed by atoms with E-state index in [9.17, 15) is 5.48 Å². The maximum absolute atomic E-state index is 9.71. The predicted octanol–water partition coefficient (Wildman–Crippen LogP) is 24.8. The van der Waals surface area contributed by atoms with Gasteiger partial charge in [0.25, 0.3) is 6.71 Å². The van der Waals surface area contributed by atoms with Crippen LogP contribution in [0.15, 0.2) is 352 Å². The molecule has 0 bridgehead atoms. The summed E-state index contributed by atoms with van der Waals surface area (Å²) in [4.78, 5) is 5.11. The molecule has 0 amide bonds. The van der Waals surface area contributed by atoms with E-state index < -0.39 is 24.8 Å². The van der Waals surface area contributed by atoms with Crippen LogP contribution in [-0.4, -0.2) is 11.3 Å². The minimum Gasteiger partial charge on any atom is -0.310 e. The Morgan fingerprint density at radius 3 is 1.08 bits per heavy atom.